The second-order valence-corrected chi connectivity index (χ2v) is 14.3. The molecule has 8 nitrogen and oxygen atoms in total. The smallest absolute Gasteiger partial charge is 0.240 e. The summed E-state index contributed by atoms with van der Waals surface area (Å²) in [5, 5.41) is 6.18. The molecule has 214 valence electrons. The van der Waals surface area contributed by atoms with Crippen LogP contribution in [0.15, 0.2) is 36.5 Å². The molecule has 2 aromatic carbocycles. The fourth-order valence-electron chi connectivity index (χ4n) is 5.23. The average Bonchev–Trinajstić information content (AvgIpc) is 3.32. The summed E-state index contributed by atoms with van der Waals surface area (Å²) in [4.78, 5) is 11.1. The number of hydrogen-bond acceptors (Lipinski definition) is 7. The van der Waals surface area contributed by atoms with Gasteiger partial charge in [-0.1, -0.05) is 6.07 Å². The van der Waals surface area contributed by atoms with Crippen LogP contribution in [0, 0.1) is 18.6 Å². The van der Waals surface area contributed by atoms with Crippen LogP contribution in [-0.4, -0.2) is 54.7 Å². The minimum Gasteiger partial charge on any atom is -0.340 e. The van der Waals surface area contributed by atoms with Crippen molar-refractivity contribution in [2.45, 2.75) is 57.6 Å². The number of nitrogens with zero attached hydrogens (tertiary/aromatic N) is 4. The monoisotopic (exact) mass is 570 g/mol. The van der Waals surface area contributed by atoms with E-state index < -0.39 is 20.6 Å². The molecular formula is C29H36F2N6O2S. The van der Waals surface area contributed by atoms with Gasteiger partial charge >= 0.3 is 0 Å². The summed E-state index contributed by atoms with van der Waals surface area (Å²) in [6, 6.07) is 8.10. The Kier molecular flexibility index (Phi) is 7.47. The number of aryl methyl sites for hydroxylation is 1. The summed E-state index contributed by atoms with van der Waals surface area (Å²) in [6.45, 7) is 8.81. The van der Waals surface area contributed by atoms with Gasteiger partial charge in [0, 0.05) is 35.2 Å². The number of sulfonamides is 1. The highest BCUT2D eigenvalue weighted by Crippen LogP contribution is 2.39. The molecule has 2 N–H and O–H groups in total. The Bertz CT molecular complexity index is 1530. The number of aromatic nitrogens is 2. The molecule has 3 heterocycles. The summed E-state index contributed by atoms with van der Waals surface area (Å²) in [5.74, 6) is 0.144. The number of likely N-dealkylation sites (tertiary alicyclic amines) is 1. The number of benzene rings is 2. The summed E-state index contributed by atoms with van der Waals surface area (Å²) < 4.78 is 56.6. The third kappa shape index (κ3) is 5.49. The van der Waals surface area contributed by atoms with Crippen LogP contribution in [0.2, 0.25) is 0 Å². The maximum absolute atomic E-state index is 15.1. The van der Waals surface area contributed by atoms with E-state index in [1.54, 1.807) is 33.0 Å². The van der Waals surface area contributed by atoms with Gasteiger partial charge in [0.15, 0.2) is 0 Å². The first-order valence-corrected chi connectivity index (χ1v) is 15.0. The molecule has 0 unspecified atom stereocenters. The van der Waals surface area contributed by atoms with E-state index in [-0.39, 0.29) is 24.2 Å². The Hall–Kier alpha value is -3.31. The number of halogens is 2. The quantitative estimate of drug-likeness (QED) is 0.384. The van der Waals surface area contributed by atoms with Gasteiger partial charge in [-0.2, -0.15) is 4.98 Å². The van der Waals surface area contributed by atoms with Crippen molar-refractivity contribution in [3.05, 3.63) is 64.9 Å². The Morgan fingerprint density at radius 2 is 1.68 bits per heavy atom. The molecular weight excluding hydrogens is 534 g/mol. The Morgan fingerprint density at radius 1 is 0.975 bits per heavy atom. The largest absolute Gasteiger partial charge is 0.340 e. The minimum absolute atomic E-state index is 0.197. The van der Waals surface area contributed by atoms with E-state index in [1.165, 1.54) is 16.4 Å². The van der Waals surface area contributed by atoms with Crippen molar-refractivity contribution in [1.82, 2.24) is 14.9 Å². The zero-order valence-corrected chi connectivity index (χ0v) is 24.4. The number of nitrogens with one attached hydrogen (secondary N) is 2. The lowest BCUT2D eigenvalue weighted by molar-refractivity contribution is 0.253. The summed E-state index contributed by atoms with van der Waals surface area (Å²) in [6.07, 6.45) is 3.78. The second-order valence-electron chi connectivity index (χ2n) is 11.7. The summed E-state index contributed by atoms with van der Waals surface area (Å²) in [7, 11) is -1.61. The lowest BCUT2D eigenvalue weighted by atomic mass is 9.89. The van der Waals surface area contributed by atoms with Crippen LogP contribution in [-0.2, 0) is 16.4 Å². The highest BCUT2D eigenvalue weighted by molar-refractivity contribution is 7.94. The normalized spacial score (nSPS) is 16.7. The first-order valence-electron chi connectivity index (χ1n) is 13.5. The van der Waals surface area contributed by atoms with Crippen molar-refractivity contribution >= 4 is 38.9 Å². The average molecular weight is 571 g/mol. The SMILES string of the molecule is Cc1cnc(Nc2ccc(C3CCN(C)CC3)c(F)c2)nc1Nc1cc(F)c2c(c1)N(S(=O)(=O)C(C)(C)C)CC2. The van der Waals surface area contributed by atoms with Gasteiger partial charge < -0.3 is 15.5 Å². The van der Waals surface area contributed by atoms with Crippen LogP contribution in [0.4, 0.5) is 37.6 Å². The molecule has 1 saturated heterocycles. The van der Waals surface area contributed by atoms with Crippen LogP contribution in [0.1, 0.15) is 56.2 Å². The summed E-state index contributed by atoms with van der Waals surface area (Å²) in [5.41, 5.74) is 3.04. The molecule has 1 aromatic heterocycles. The molecule has 40 heavy (non-hydrogen) atoms. The Labute approximate surface area is 234 Å². The predicted molar refractivity (Wildman–Crippen MR) is 155 cm³/mol. The first-order chi connectivity index (χ1) is 18.8. The molecule has 0 radical (unpaired) electrons. The molecule has 2 aliphatic heterocycles. The zero-order valence-electron chi connectivity index (χ0n) is 23.6. The third-order valence-electron chi connectivity index (χ3n) is 7.72. The van der Waals surface area contributed by atoms with Crippen molar-refractivity contribution < 1.29 is 17.2 Å². The van der Waals surface area contributed by atoms with E-state index in [2.05, 4.69) is 32.5 Å². The van der Waals surface area contributed by atoms with Crippen LogP contribution < -0.4 is 14.9 Å². The first kappa shape index (κ1) is 28.2. The topological polar surface area (TPSA) is 90.5 Å². The van der Waals surface area contributed by atoms with Gasteiger partial charge in [0.2, 0.25) is 16.0 Å². The van der Waals surface area contributed by atoms with Crippen LogP contribution >= 0.6 is 0 Å². The molecule has 3 aromatic rings. The lowest BCUT2D eigenvalue weighted by Crippen LogP contribution is -2.42. The molecule has 2 aliphatic rings. The van der Waals surface area contributed by atoms with Crippen LogP contribution in [0.3, 0.4) is 0 Å². The molecule has 0 saturated carbocycles. The Morgan fingerprint density at radius 3 is 2.35 bits per heavy atom. The highest BCUT2D eigenvalue weighted by Gasteiger charge is 2.39. The van der Waals surface area contributed by atoms with Gasteiger partial charge in [0.25, 0.3) is 0 Å². The Balaban J connectivity index is 1.36. The van der Waals surface area contributed by atoms with E-state index in [0.29, 0.717) is 40.4 Å². The van der Waals surface area contributed by atoms with Crippen molar-refractivity contribution in [1.29, 1.82) is 0 Å². The highest BCUT2D eigenvalue weighted by atomic mass is 32.2. The maximum atomic E-state index is 15.1. The van der Waals surface area contributed by atoms with E-state index in [0.717, 1.165) is 31.5 Å². The van der Waals surface area contributed by atoms with Crippen molar-refractivity contribution in [3.8, 4) is 0 Å². The van der Waals surface area contributed by atoms with Crippen molar-refractivity contribution in [2.75, 3.05) is 41.6 Å². The fourth-order valence-corrected chi connectivity index (χ4v) is 6.64. The van der Waals surface area contributed by atoms with Gasteiger partial charge in [0.05, 0.1) is 10.4 Å². The van der Waals surface area contributed by atoms with Crippen molar-refractivity contribution in [2.24, 2.45) is 0 Å². The third-order valence-corrected chi connectivity index (χ3v) is 10.2. The molecule has 0 spiro atoms. The molecule has 0 atom stereocenters. The zero-order chi connectivity index (χ0) is 28.8. The van der Waals surface area contributed by atoms with Gasteiger partial charge in [-0.25, -0.2) is 22.2 Å². The van der Waals surface area contributed by atoms with Crippen LogP contribution in [0.25, 0.3) is 0 Å². The summed E-state index contributed by atoms with van der Waals surface area (Å²) >= 11 is 0. The van der Waals surface area contributed by atoms with E-state index in [1.807, 2.05) is 19.1 Å². The lowest BCUT2D eigenvalue weighted by Gasteiger charge is -2.29. The number of anilines is 5. The molecule has 0 aliphatic carbocycles. The number of hydrogen-bond donors (Lipinski definition) is 2. The van der Waals surface area contributed by atoms with E-state index >= 15 is 8.78 Å². The van der Waals surface area contributed by atoms with Crippen LogP contribution in [0.5, 0.6) is 0 Å². The van der Waals surface area contributed by atoms with Crippen molar-refractivity contribution in [3.63, 3.8) is 0 Å². The maximum Gasteiger partial charge on any atom is 0.240 e. The van der Waals surface area contributed by atoms with Gasteiger partial charge in [0.1, 0.15) is 17.5 Å². The van der Waals surface area contributed by atoms with E-state index in [4.69, 9.17) is 0 Å². The molecule has 0 amide bonds. The molecule has 1 fully saturated rings. The van der Waals surface area contributed by atoms with E-state index in [9.17, 15) is 8.42 Å². The number of rotatable bonds is 6. The molecule has 5 rings (SSSR count). The second kappa shape index (κ2) is 10.6. The fraction of sp³-hybridized carbons (Fsp3) is 0.448. The predicted octanol–water partition coefficient (Wildman–Crippen LogP) is 5.85. The van der Waals surface area contributed by atoms with Gasteiger partial charge in [-0.15, -0.1) is 0 Å². The molecule has 11 heteroatoms. The number of piperidine rings is 1. The minimum atomic E-state index is -3.69. The van der Waals surface area contributed by atoms with Gasteiger partial charge in [-0.3, -0.25) is 4.31 Å². The number of fused-ring (bicyclic) bond motifs is 1. The van der Waals surface area contributed by atoms with Gasteiger partial charge in [-0.05, 0) is 103 Å². The molecule has 0 bridgehead atoms. The standard InChI is InChI=1S/C29H36F2N6O2S/c1-18-17-32-28(34-20-6-7-22(24(30)14-20)19-8-11-36(5)12-9-19)35-27(18)33-21-15-25(31)23-10-13-37(26(23)16-21)40(38,39)29(2,3)4/h6-7,14-17,19H,8-13H2,1-5H3,(H2,32,33,34,35).